The zero-order valence-corrected chi connectivity index (χ0v) is 15.4. The van der Waals surface area contributed by atoms with E-state index in [0.717, 1.165) is 16.7 Å². The normalized spacial score (nSPS) is 18.8. The van der Waals surface area contributed by atoms with Crippen LogP contribution in [0, 0.1) is 0 Å². The highest BCUT2D eigenvalue weighted by Crippen LogP contribution is 2.24. The molecule has 0 bridgehead atoms. The van der Waals surface area contributed by atoms with E-state index >= 15 is 0 Å². The summed E-state index contributed by atoms with van der Waals surface area (Å²) < 4.78 is 5.58. The highest BCUT2D eigenvalue weighted by Gasteiger charge is 2.35. The van der Waals surface area contributed by atoms with E-state index in [0.29, 0.717) is 26.2 Å². The average Bonchev–Trinajstić information content (AvgIpc) is 2.82. The van der Waals surface area contributed by atoms with Crippen LogP contribution in [-0.2, 0) is 9.53 Å². The minimum absolute atomic E-state index is 0.114. The first-order valence-electron chi connectivity index (χ1n) is 8.83. The van der Waals surface area contributed by atoms with Gasteiger partial charge in [0.05, 0.1) is 17.8 Å². The number of hydrogen-bond donors (Lipinski definition) is 1. The van der Waals surface area contributed by atoms with Crippen molar-refractivity contribution in [3.8, 4) is 0 Å². The highest BCUT2D eigenvalue weighted by molar-refractivity contribution is 5.88. The summed E-state index contributed by atoms with van der Waals surface area (Å²) in [4.78, 5) is 29.2. The average molecular weight is 359 g/mol. The van der Waals surface area contributed by atoms with Gasteiger partial charge in [-0.3, -0.25) is 9.78 Å². The van der Waals surface area contributed by atoms with Crippen molar-refractivity contribution < 1.29 is 14.6 Å². The molecular weight excluding hydrogens is 334 g/mol. The predicted octanol–water partition coefficient (Wildman–Crippen LogP) is 0.849. The quantitative estimate of drug-likeness (QED) is 0.865. The Hall–Kier alpha value is -2.32. The van der Waals surface area contributed by atoms with E-state index in [1.54, 1.807) is 31.1 Å². The number of rotatable bonds is 4. The van der Waals surface area contributed by atoms with Gasteiger partial charge < -0.3 is 19.6 Å². The molecule has 3 heterocycles. The fourth-order valence-corrected chi connectivity index (χ4v) is 3.32. The Morgan fingerprint density at radius 3 is 2.92 bits per heavy atom. The van der Waals surface area contributed by atoms with Gasteiger partial charge in [-0.15, -0.1) is 0 Å². The second-order valence-corrected chi connectivity index (χ2v) is 6.88. The molecule has 0 aromatic carbocycles. The number of fused-ring (bicyclic) bond motifs is 1. The van der Waals surface area contributed by atoms with Crippen LogP contribution in [0.25, 0.3) is 10.9 Å². The lowest BCUT2D eigenvalue weighted by atomic mass is 10.1. The van der Waals surface area contributed by atoms with Crippen molar-refractivity contribution in [2.24, 2.45) is 0 Å². The number of anilines is 1. The summed E-state index contributed by atoms with van der Waals surface area (Å²) in [6, 6.07) is 1.86. The molecule has 1 atom stereocenters. The first-order chi connectivity index (χ1) is 12.4. The summed E-state index contributed by atoms with van der Waals surface area (Å²) in [5, 5.41) is 11.4. The number of β-amino-alcohol motifs (C(OH)–C–C–N with tert-alkyl or cyclic N) is 1. The molecule has 1 fully saturated rings. The first-order valence-corrected chi connectivity index (χ1v) is 8.83. The number of nitrogens with zero attached hydrogens (tertiary/aromatic N) is 5. The molecule has 1 unspecified atom stereocenters. The molecule has 1 N–H and O–H groups in total. The second-order valence-electron chi connectivity index (χ2n) is 6.88. The van der Waals surface area contributed by atoms with Crippen LogP contribution in [0.3, 0.4) is 0 Å². The van der Waals surface area contributed by atoms with Gasteiger partial charge in [0.1, 0.15) is 17.7 Å². The van der Waals surface area contributed by atoms with Crippen molar-refractivity contribution in [2.45, 2.75) is 32.5 Å². The number of aromatic nitrogens is 3. The van der Waals surface area contributed by atoms with E-state index in [4.69, 9.17) is 4.74 Å². The van der Waals surface area contributed by atoms with Crippen LogP contribution in [-0.4, -0.2) is 75.4 Å². The summed E-state index contributed by atoms with van der Waals surface area (Å²) in [6.45, 7) is 7.58. The van der Waals surface area contributed by atoms with Gasteiger partial charge in [-0.25, -0.2) is 9.97 Å². The zero-order chi connectivity index (χ0) is 18.7. The van der Waals surface area contributed by atoms with Crippen LogP contribution in [0.5, 0.6) is 0 Å². The number of carbonyl (C=O) groups is 1. The lowest BCUT2D eigenvalue weighted by Gasteiger charge is -2.31. The number of aliphatic hydroxyl groups excluding tert-OH is 1. The summed E-state index contributed by atoms with van der Waals surface area (Å²) in [6.07, 6.45) is 4.21. The predicted molar refractivity (Wildman–Crippen MR) is 97.8 cm³/mol. The van der Waals surface area contributed by atoms with Crippen LogP contribution < -0.4 is 4.90 Å². The highest BCUT2D eigenvalue weighted by atomic mass is 16.5. The number of aliphatic hydroxyl groups is 1. The summed E-state index contributed by atoms with van der Waals surface area (Å²) in [5.41, 5.74) is -0.154. The molecule has 1 saturated heterocycles. The van der Waals surface area contributed by atoms with Crippen molar-refractivity contribution >= 4 is 22.6 Å². The Morgan fingerprint density at radius 2 is 2.15 bits per heavy atom. The van der Waals surface area contributed by atoms with Crippen LogP contribution in [0.2, 0.25) is 0 Å². The smallest absolute Gasteiger partial charge is 0.254 e. The van der Waals surface area contributed by atoms with Crippen molar-refractivity contribution in [2.75, 3.05) is 37.7 Å². The van der Waals surface area contributed by atoms with Gasteiger partial charge >= 0.3 is 0 Å². The summed E-state index contributed by atoms with van der Waals surface area (Å²) >= 11 is 0. The van der Waals surface area contributed by atoms with Crippen LogP contribution in [0.4, 0.5) is 5.82 Å². The zero-order valence-electron chi connectivity index (χ0n) is 15.4. The van der Waals surface area contributed by atoms with E-state index in [2.05, 4.69) is 15.0 Å². The molecule has 0 radical (unpaired) electrons. The lowest BCUT2D eigenvalue weighted by Crippen LogP contribution is -2.49. The topological polar surface area (TPSA) is 91.7 Å². The number of hydrogen-bond acceptors (Lipinski definition) is 7. The van der Waals surface area contributed by atoms with Crippen molar-refractivity contribution in [1.29, 1.82) is 0 Å². The molecule has 0 spiro atoms. The Balaban J connectivity index is 1.82. The van der Waals surface area contributed by atoms with Gasteiger partial charge in [0.25, 0.3) is 5.91 Å². The molecule has 140 valence electrons. The minimum atomic E-state index is -0.906. The minimum Gasteiger partial charge on any atom is -0.389 e. The molecular formula is C18H25N5O3. The summed E-state index contributed by atoms with van der Waals surface area (Å²) in [7, 11) is 0. The molecule has 1 aliphatic heterocycles. The van der Waals surface area contributed by atoms with Gasteiger partial charge in [0.15, 0.2) is 0 Å². The molecule has 1 aliphatic rings. The molecule has 2 aromatic rings. The number of ether oxygens (including phenoxy) is 1. The SMILES string of the molecule is CCOC(C)(C)C(=O)N1CCN(c2ncnc3cnccc23)CC(O)C1. The lowest BCUT2D eigenvalue weighted by molar-refractivity contribution is -0.154. The van der Waals surface area contributed by atoms with Crippen molar-refractivity contribution in [1.82, 2.24) is 19.9 Å². The number of pyridine rings is 1. The van der Waals surface area contributed by atoms with Crippen molar-refractivity contribution in [3.05, 3.63) is 24.8 Å². The maximum Gasteiger partial charge on any atom is 0.254 e. The Bertz CT molecular complexity index is 777. The fourth-order valence-electron chi connectivity index (χ4n) is 3.32. The van der Waals surface area contributed by atoms with Crippen LogP contribution >= 0.6 is 0 Å². The number of amides is 1. The molecule has 0 aliphatic carbocycles. The standard InChI is InChI=1S/C18H25N5O3/c1-4-26-18(2,3)17(25)23-8-7-22(10-13(24)11-23)16-14-5-6-19-9-15(14)20-12-21-16/h5-6,9,12-13,24H,4,7-8,10-11H2,1-3H3. The molecule has 1 amide bonds. The molecule has 3 rings (SSSR count). The van der Waals surface area contributed by atoms with E-state index in [-0.39, 0.29) is 12.5 Å². The third kappa shape index (κ3) is 3.76. The Kier molecular flexibility index (Phi) is 5.33. The monoisotopic (exact) mass is 359 g/mol. The molecule has 0 saturated carbocycles. The van der Waals surface area contributed by atoms with Crippen molar-refractivity contribution in [3.63, 3.8) is 0 Å². The van der Waals surface area contributed by atoms with E-state index < -0.39 is 11.7 Å². The van der Waals surface area contributed by atoms with E-state index in [1.807, 2.05) is 17.9 Å². The first kappa shape index (κ1) is 18.5. The van der Waals surface area contributed by atoms with Gasteiger partial charge in [0.2, 0.25) is 0 Å². The maximum atomic E-state index is 12.8. The summed E-state index contributed by atoms with van der Waals surface area (Å²) in [5.74, 6) is 0.631. The molecule has 26 heavy (non-hydrogen) atoms. The molecule has 8 heteroatoms. The fraction of sp³-hybridized carbons (Fsp3) is 0.556. The molecule has 8 nitrogen and oxygen atoms in total. The van der Waals surface area contributed by atoms with Crippen LogP contribution in [0.1, 0.15) is 20.8 Å². The number of carbonyl (C=O) groups excluding carboxylic acids is 1. The van der Waals surface area contributed by atoms with E-state index in [9.17, 15) is 9.90 Å². The van der Waals surface area contributed by atoms with E-state index in [1.165, 1.54) is 6.33 Å². The third-order valence-electron chi connectivity index (χ3n) is 4.53. The van der Waals surface area contributed by atoms with Crippen LogP contribution in [0.15, 0.2) is 24.8 Å². The van der Waals surface area contributed by atoms with Gasteiger partial charge in [-0.05, 0) is 26.8 Å². The largest absolute Gasteiger partial charge is 0.389 e. The Labute approximate surface area is 152 Å². The Morgan fingerprint density at radius 1 is 1.35 bits per heavy atom. The second kappa shape index (κ2) is 7.51. The van der Waals surface area contributed by atoms with Gasteiger partial charge in [-0.2, -0.15) is 0 Å². The molecule has 2 aromatic heterocycles. The van der Waals surface area contributed by atoms with Gasteiger partial charge in [0, 0.05) is 44.4 Å². The van der Waals surface area contributed by atoms with Gasteiger partial charge in [-0.1, -0.05) is 0 Å². The third-order valence-corrected chi connectivity index (χ3v) is 4.53. The maximum absolute atomic E-state index is 12.8.